The number of carbonyl (C=O) groups is 2. The summed E-state index contributed by atoms with van der Waals surface area (Å²) in [4.78, 5) is 31.4. The van der Waals surface area contributed by atoms with Crippen LogP contribution in [0.2, 0.25) is 0 Å². The lowest BCUT2D eigenvalue weighted by Gasteiger charge is -2.30. The second-order valence-corrected chi connectivity index (χ2v) is 14.2. The lowest BCUT2D eigenvalue weighted by molar-refractivity contribution is -0.142. The molecule has 2 aromatic carbocycles. The Kier molecular flexibility index (Phi) is 8.40. The summed E-state index contributed by atoms with van der Waals surface area (Å²) in [5.74, 6) is -1.96. The van der Waals surface area contributed by atoms with E-state index in [0.717, 1.165) is 30.5 Å². The molecule has 3 N–H and O–H groups in total. The predicted octanol–water partition coefficient (Wildman–Crippen LogP) is 5.96. The zero-order valence-electron chi connectivity index (χ0n) is 27.9. The van der Waals surface area contributed by atoms with E-state index in [1.807, 2.05) is 12.1 Å². The van der Waals surface area contributed by atoms with Crippen molar-refractivity contribution in [2.24, 2.45) is 4.99 Å². The van der Waals surface area contributed by atoms with Crippen LogP contribution in [0.15, 0.2) is 53.2 Å². The molecule has 0 saturated heterocycles. The zero-order chi connectivity index (χ0) is 37.4. The Morgan fingerprint density at radius 3 is 2.48 bits per heavy atom. The van der Waals surface area contributed by atoms with Crippen molar-refractivity contribution in [2.45, 2.75) is 94.1 Å². The molecule has 2 unspecified atom stereocenters. The molecule has 15 heteroatoms. The first-order valence-corrected chi connectivity index (χ1v) is 16.6. The normalized spacial score (nSPS) is 20.3. The fraction of sp³-hybridized carbons (Fsp3) is 0.405. The number of hydrogen-bond acceptors (Lipinski definition) is 5. The monoisotopic (exact) mass is 727 g/mol. The minimum Gasteiger partial charge on any atom is -0.378 e. The molecule has 272 valence electrons. The smallest absolute Gasteiger partial charge is 0.378 e. The maximum Gasteiger partial charge on any atom is 0.435 e. The van der Waals surface area contributed by atoms with Crippen molar-refractivity contribution in [3.05, 3.63) is 99.0 Å². The predicted molar refractivity (Wildman–Crippen MR) is 173 cm³/mol. The highest BCUT2D eigenvalue weighted by Crippen LogP contribution is 2.51. The van der Waals surface area contributed by atoms with Gasteiger partial charge in [0.05, 0.1) is 11.6 Å². The number of aliphatic hydroxyl groups is 1. The summed E-state index contributed by atoms with van der Waals surface area (Å²) in [6.45, 7) is 1.89. The molecule has 7 rings (SSSR count). The number of aromatic nitrogens is 2. The average Bonchev–Trinajstić information content (AvgIpc) is 3.48. The van der Waals surface area contributed by atoms with Crippen LogP contribution in [0.4, 0.5) is 30.7 Å². The van der Waals surface area contributed by atoms with Crippen molar-refractivity contribution in [1.29, 1.82) is 0 Å². The van der Waals surface area contributed by atoms with Gasteiger partial charge < -0.3 is 15.7 Å². The zero-order valence-corrected chi connectivity index (χ0v) is 27.9. The van der Waals surface area contributed by atoms with E-state index in [1.165, 1.54) is 13.8 Å². The van der Waals surface area contributed by atoms with Gasteiger partial charge in [0.15, 0.2) is 5.69 Å². The fourth-order valence-corrected chi connectivity index (χ4v) is 7.25. The molecule has 1 fully saturated rings. The van der Waals surface area contributed by atoms with Gasteiger partial charge in [-0.15, -0.1) is 0 Å². The van der Waals surface area contributed by atoms with E-state index in [2.05, 4.69) is 27.6 Å². The second-order valence-electron chi connectivity index (χ2n) is 14.2. The van der Waals surface area contributed by atoms with Crippen LogP contribution in [-0.4, -0.2) is 44.1 Å². The topological polar surface area (TPSA) is 109 Å². The number of hydrogen-bond donors (Lipinski definition) is 3. The summed E-state index contributed by atoms with van der Waals surface area (Å²) in [6.07, 6.45) is -3.28. The number of amides is 2. The Hall–Kier alpha value is -4.97. The highest BCUT2D eigenvalue weighted by atomic mass is 19.4. The number of nitrogens with zero attached hydrogens (tertiary/aromatic N) is 3. The second kappa shape index (κ2) is 12.3. The van der Waals surface area contributed by atoms with Crippen LogP contribution < -0.4 is 10.6 Å². The van der Waals surface area contributed by atoms with Crippen LogP contribution in [0, 0.1) is 23.5 Å². The quantitative estimate of drug-likeness (QED) is 0.206. The molecule has 1 spiro atoms. The van der Waals surface area contributed by atoms with E-state index in [1.54, 1.807) is 12.1 Å². The minimum absolute atomic E-state index is 0.0813. The SMILES string of the molecule is CC(C)(O)C#CC1=CCC(c2ccc3c(c2)C(=O)NC32CC2)C(C(Cc2cc(F)cc(F)c2)NC(=O)Cn2nc(C(F)(F)F)c3c2C(F)(F)CC3)=N1. The first-order chi connectivity index (χ1) is 24.3. The fourth-order valence-electron chi connectivity index (χ4n) is 7.25. The molecule has 0 bridgehead atoms. The van der Waals surface area contributed by atoms with Crippen LogP contribution in [-0.2, 0) is 41.8 Å². The number of alkyl halides is 5. The first kappa shape index (κ1) is 35.4. The van der Waals surface area contributed by atoms with E-state index < -0.39 is 89.1 Å². The molecule has 4 aliphatic rings. The number of nitrogens with one attached hydrogen (secondary N) is 2. The molecule has 1 saturated carbocycles. The number of allylic oxidation sites excluding steroid dienone is 2. The molecule has 8 nitrogen and oxygen atoms in total. The van der Waals surface area contributed by atoms with E-state index in [0.29, 0.717) is 21.9 Å². The van der Waals surface area contributed by atoms with Crippen LogP contribution in [0.3, 0.4) is 0 Å². The van der Waals surface area contributed by atoms with Crippen molar-refractivity contribution in [1.82, 2.24) is 20.4 Å². The number of fused-ring (bicyclic) bond motifs is 3. The van der Waals surface area contributed by atoms with Crippen LogP contribution in [0.5, 0.6) is 0 Å². The summed E-state index contributed by atoms with van der Waals surface area (Å²) in [7, 11) is 0. The van der Waals surface area contributed by atoms with Crippen molar-refractivity contribution in [3.63, 3.8) is 0 Å². The molecular formula is C37H32F7N5O3. The minimum atomic E-state index is -5.04. The Labute approximate surface area is 293 Å². The summed E-state index contributed by atoms with van der Waals surface area (Å²) in [6, 6.07) is 6.89. The number of aliphatic imine (C=N–C) groups is 1. The Morgan fingerprint density at radius 2 is 1.83 bits per heavy atom. The van der Waals surface area contributed by atoms with Gasteiger partial charge >= 0.3 is 6.18 Å². The third-order valence-corrected chi connectivity index (χ3v) is 9.66. The number of carbonyl (C=O) groups excluding carboxylic acids is 2. The standard InChI is InChI=1S/C37H32F7N5O3/c1-34(2,52)9-7-23-4-5-24(20-3-6-27-26(16-20)33(51)47-35(27)11-12-35)30(45-23)28(15-19-13-21(38)17-22(39)14-19)46-29(50)18-49-32-25(8-10-36(32,40)41)31(48-49)37(42,43)44/h3-4,6,13-14,16-17,24,28,52H,5,8,10-12,15,18H2,1-2H3,(H,46,50)(H,47,51). The molecular weight excluding hydrogens is 695 g/mol. The van der Waals surface area contributed by atoms with Gasteiger partial charge in [0.2, 0.25) is 5.91 Å². The maximum absolute atomic E-state index is 14.9. The van der Waals surface area contributed by atoms with Crippen LogP contribution in [0.25, 0.3) is 0 Å². The van der Waals surface area contributed by atoms with Crippen LogP contribution >= 0.6 is 0 Å². The van der Waals surface area contributed by atoms with Crippen molar-refractivity contribution >= 4 is 17.5 Å². The van der Waals surface area contributed by atoms with Gasteiger partial charge in [-0.3, -0.25) is 14.3 Å². The van der Waals surface area contributed by atoms with Gasteiger partial charge in [0, 0.05) is 35.2 Å². The van der Waals surface area contributed by atoms with Gasteiger partial charge in [0.1, 0.15) is 35.2 Å². The Morgan fingerprint density at radius 1 is 1.12 bits per heavy atom. The van der Waals surface area contributed by atoms with E-state index in [-0.39, 0.29) is 35.7 Å². The molecule has 3 heterocycles. The molecule has 1 aromatic heterocycles. The van der Waals surface area contributed by atoms with Gasteiger partial charge in [-0.25, -0.2) is 13.8 Å². The first-order valence-electron chi connectivity index (χ1n) is 16.6. The summed E-state index contributed by atoms with van der Waals surface area (Å²) in [5, 5.41) is 19.3. The average molecular weight is 728 g/mol. The van der Waals surface area contributed by atoms with Gasteiger partial charge in [-0.1, -0.05) is 18.1 Å². The molecule has 2 aliphatic heterocycles. The van der Waals surface area contributed by atoms with Crippen LogP contribution in [0.1, 0.15) is 89.4 Å². The third kappa shape index (κ3) is 6.83. The number of rotatable bonds is 7. The molecule has 0 radical (unpaired) electrons. The highest BCUT2D eigenvalue weighted by Gasteiger charge is 2.52. The summed E-state index contributed by atoms with van der Waals surface area (Å²) >= 11 is 0. The lowest BCUT2D eigenvalue weighted by Crippen LogP contribution is -2.46. The summed E-state index contributed by atoms with van der Waals surface area (Å²) < 4.78 is 100. The lowest BCUT2D eigenvalue weighted by atomic mass is 9.82. The molecule has 52 heavy (non-hydrogen) atoms. The van der Waals surface area contributed by atoms with Crippen molar-refractivity contribution in [3.8, 4) is 11.8 Å². The third-order valence-electron chi connectivity index (χ3n) is 9.66. The van der Waals surface area contributed by atoms with E-state index in [4.69, 9.17) is 4.99 Å². The van der Waals surface area contributed by atoms with Gasteiger partial charge in [-0.2, -0.15) is 27.1 Å². The largest absolute Gasteiger partial charge is 0.435 e. The van der Waals surface area contributed by atoms with Crippen molar-refractivity contribution in [2.75, 3.05) is 0 Å². The number of halogens is 7. The highest BCUT2D eigenvalue weighted by molar-refractivity contribution is 6.03. The molecule has 2 amide bonds. The Bertz CT molecular complexity index is 2110. The van der Waals surface area contributed by atoms with E-state index >= 15 is 0 Å². The van der Waals surface area contributed by atoms with Gasteiger partial charge in [-0.05, 0) is 92.8 Å². The Balaban J connectivity index is 1.29. The van der Waals surface area contributed by atoms with E-state index in [9.17, 15) is 45.4 Å². The maximum atomic E-state index is 14.9. The summed E-state index contributed by atoms with van der Waals surface area (Å²) in [5.41, 5.74) is -2.57. The molecule has 2 aliphatic carbocycles. The van der Waals surface area contributed by atoms with Gasteiger partial charge in [0.25, 0.3) is 11.8 Å². The molecule has 3 aromatic rings. The number of benzene rings is 2. The van der Waals surface area contributed by atoms with Crippen molar-refractivity contribution < 1.29 is 45.4 Å². The molecule has 2 atom stereocenters.